The molecule has 0 aliphatic rings. The molecule has 8 heteroatoms. The Morgan fingerprint density at radius 2 is 1.78 bits per heavy atom. The average Bonchev–Trinajstić information content (AvgIpc) is 3.43. The maximum absolute atomic E-state index is 12.9. The molecule has 4 aromatic rings. The van der Waals surface area contributed by atoms with Crippen molar-refractivity contribution in [2.75, 3.05) is 4.90 Å². The summed E-state index contributed by atoms with van der Waals surface area (Å²) < 4.78 is 16.6. The van der Waals surface area contributed by atoms with E-state index >= 15 is 0 Å². The van der Waals surface area contributed by atoms with Crippen molar-refractivity contribution < 1.29 is 18.0 Å². The van der Waals surface area contributed by atoms with Gasteiger partial charge in [-0.3, -0.25) is 4.79 Å². The first kappa shape index (κ1) is 16.6. The molecule has 0 fully saturated rings. The summed E-state index contributed by atoms with van der Waals surface area (Å²) in [4.78, 5) is 26.5. The number of carbonyl (C=O) groups is 1. The zero-order valence-corrected chi connectivity index (χ0v) is 14.1. The highest BCUT2D eigenvalue weighted by Gasteiger charge is 2.21. The minimum atomic E-state index is -0.735. The van der Waals surface area contributed by atoms with Gasteiger partial charge in [-0.05, 0) is 36.4 Å². The summed E-state index contributed by atoms with van der Waals surface area (Å²) in [5.41, 5.74) is 0.682. The van der Waals surface area contributed by atoms with E-state index in [-0.39, 0.29) is 24.9 Å². The van der Waals surface area contributed by atoms with Gasteiger partial charge in [0.25, 0.3) is 5.89 Å². The summed E-state index contributed by atoms with van der Waals surface area (Å²) in [6.45, 7) is -0.0495. The van der Waals surface area contributed by atoms with Gasteiger partial charge in [0.2, 0.25) is 5.91 Å². The van der Waals surface area contributed by atoms with Gasteiger partial charge >= 0.3 is 5.76 Å². The largest absolute Gasteiger partial charge is 0.467 e. The molecule has 0 spiro atoms. The van der Waals surface area contributed by atoms with Crippen molar-refractivity contribution in [2.45, 2.75) is 13.1 Å². The van der Waals surface area contributed by atoms with Crippen LogP contribution in [0.15, 0.2) is 85.2 Å². The lowest BCUT2D eigenvalue weighted by Gasteiger charge is -2.21. The number of aromatic nitrogens is 2. The van der Waals surface area contributed by atoms with E-state index in [9.17, 15) is 9.59 Å². The van der Waals surface area contributed by atoms with E-state index in [1.165, 1.54) is 11.2 Å². The van der Waals surface area contributed by atoms with Gasteiger partial charge in [0.15, 0.2) is 5.76 Å². The second-order valence-corrected chi connectivity index (χ2v) is 5.70. The maximum atomic E-state index is 12.9. The van der Waals surface area contributed by atoms with Crippen LogP contribution in [0, 0.1) is 0 Å². The predicted octanol–water partition coefficient (Wildman–Crippen LogP) is 2.92. The normalized spacial score (nSPS) is 10.8. The molecule has 0 saturated carbocycles. The molecule has 27 heavy (non-hydrogen) atoms. The second-order valence-electron chi connectivity index (χ2n) is 5.70. The zero-order chi connectivity index (χ0) is 18.6. The van der Waals surface area contributed by atoms with Crippen LogP contribution in [0.2, 0.25) is 0 Å². The molecule has 1 aromatic carbocycles. The van der Waals surface area contributed by atoms with Crippen LogP contribution in [-0.2, 0) is 17.9 Å². The van der Waals surface area contributed by atoms with Crippen LogP contribution in [0.1, 0.15) is 5.76 Å². The summed E-state index contributed by atoms with van der Waals surface area (Å²) in [5, 5.41) is 4.04. The van der Waals surface area contributed by atoms with Crippen molar-refractivity contribution in [1.29, 1.82) is 0 Å². The Bertz CT molecular complexity index is 1060. The van der Waals surface area contributed by atoms with Crippen molar-refractivity contribution >= 4 is 11.6 Å². The van der Waals surface area contributed by atoms with Gasteiger partial charge in [-0.15, -0.1) is 5.10 Å². The highest BCUT2D eigenvalue weighted by atomic mass is 16.4. The van der Waals surface area contributed by atoms with Crippen LogP contribution in [-0.4, -0.2) is 15.7 Å². The van der Waals surface area contributed by atoms with E-state index in [4.69, 9.17) is 13.3 Å². The number of rotatable bonds is 6. The lowest BCUT2D eigenvalue weighted by Crippen LogP contribution is -2.35. The molecule has 1 amide bonds. The fraction of sp³-hybridized carbons (Fsp3) is 0.105. The number of carbonyl (C=O) groups excluding carboxylic acids is 1. The quantitative estimate of drug-likeness (QED) is 0.521. The summed E-state index contributed by atoms with van der Waals surface area (Å²) in [7, 11) is 0. The van der Waals surface area contributed by atoms with E-state index in [1.54, 1.807) is 42.7 Å². The zero-order valence-electron chi connectivity index (χ0n) is 14.1. The molecule has 0 saturated heterocycles. The molecule has 0 aliphatic carbocycles. The van der Waals surface area contributed by atoms with Gasteiger partial charge < -0.3 is 18.2 Å². The van der Waals surface area contributed by atoms with E-state index in [0.717, 1.165) is 4.68 Å². The minimum Gasteiger partial charge on any atom is -0.467 e. The molecule has 0 atom stereocenters. The molecule has 0 bridgehead atoms. The summed E-state index contributed by atoms with van der Waals surface area (Å²) in [6.07, 6.45) is 2.99. The molecule has 4 rings (SSSR count). The fourth-order valence-corrected chi connectivity index (χ4v) is 2.61. The smallest absolute Gasteiger partial charge is 0.437 e. The number of hydrogen-bond donors (Lipinski definition) is 0. The monoisotopic (exact) mass is 365 g/mol. The third-order valence-electron chi connectivity index (χ3n) is 3.89. The van der Waals surface area contributed by atoms with Crippen LogP contribution in [0.25, 0.3) is 11.7 Å². The summed E-state index contributed by atoms with van der Waals surface area (Å²) >= 11 is 0. The number of para-hydroxylation sites is 1. The molecule has 8 nitrogen and oxygen atoms in total. The van der Waals surface area contributed by atoms with Crippen molar-refractivity contribution in [1.82, 2.24) is 9.78 Å². The third-order valence-corrected chi connectivity index (χ3v) is 3.89. The van der Waals surface area contributed by atoms with Crippen molar-refractivity contribution in [3.05, 3.63) is 83.4 Å². The topological polar surface area (TPSA) is 94.6 Å². The first-order valence-corrected chi connectivity index (χ1v) is 8.20. The fourth-order valence-electron chi connectivity index (χ4n) is 2.61. The Hall–Kier alpha value is -3.81. The lowest BCUT2D eigenvalue weighted by molar-refractivity contribution is -0.119. The SMILES string of the molecule is O=C(Cn1nc(-c2ccco2)oc1=O)N(Cc1ccco1)c1ccccc1. The molecular weight excluding hydrogens is 350 g/mol. The molecule has 136 valence electrons. The van der Waals surface area contributed by atoms with Crippen LogP contribution in [0.3, 0.4) is 0 Å². The predicted molar refractivity (Wildman–Crippen MR) is 94.8 cm³/mol. The first-order chi connectivity index (χ1) is 13.2. The molecule has 0 N–H and O–H groups in total. The Morgan fingerprint density at radius 3 is 2.48 bits per heavy atom. The van der Waals surface area contributed by atoms with Crippen molar-refractivity contribution in [3.8, 4) is 11.7 Å². The van der Waals surface area contributed by atoms with E-state index in [1.807, 2.05) is 18.2 Å². The van der Waals surface area contributed by atoms with E-state index in [2.05, 4.69) is 5.10 Å². The third kappa shape index (κ3) is 3.59. The van der Waals surface area contributed by atoms with Gasteiger partial charge in [0.05, 0.1) is 19.1 Å². The second kappa shape index (κ2) is 7.20. The average molecular weight is 365 g/mol. The Balaban J connectivity index is 1.59. The summed E-state index contributed by atoms with van der Waals surface area (Å²) in [6, 6.07) is 15.9. The summed E-state index contributed by atoms with van der Waals surface area (Å²) in [5.74, 6) is -0.111. The Kier molecular flexibility index (Phi) is 4.44. The Labute approximate surface area is 153 Å². The van der Waals surface area contributed by atoms with Gasteiger partial charge in [-0.2, -0.15) is 4.68 Å². The van der Waals surface area contributed by atoms with Crippen LogP contribution in [0.5, 0.6) is 0 Å². The Morgan fingerprint density at radius 1 is 1.00 bits per heavy atom. The van der Waals surface area contributed by atoms with Crippen molar-refractivity contribution in [2.24, 2.45) is 0 Å². The number of hydrogen-bond acceptors (Lipinski definition) is 6. The van der Waals surface area contributed by atoms with Gasteiger partial charge in [0.1, 0.15) is 12.3 Å². The number of furan rings is 2. The molecule has 3 heterocycles. The van der Waals surface area contributed by atoms with Crippen LogP contribution < -0.4 is 10.7 Å². The molecular formula is C19H15N3O5. The highest BCUT2D eigenvalue weighted by Crippen LogP contribution is 2.19. The van der Waals surface area contributed by atoms with Crippen LogP contribution in [0.4, 0.5) is 5.69 Å². The first-order valence-electron chi connectivity index (χ1n) is 8.20. The number of benzene rings is 1. The molecule has 0 unspecified atom stereocenters. The van der Waals surface area contributed by atoms with Crippen molar-refractivity contribution in [3.63, 3.8) is 0 Å². The van der Waals surface area contributed by atoms with E-state index < -0.39 is 5.76 Å². The molecule has 0 aliphatic heterocycles. The van der Waals surface area contributed by atoms with Gasteiger partial charge in [0, 0.05) is 5.69 Å². The number of anilines is 1. The highest BCUT2D eigenvalue weighted by molar-refractivity contribution is 5.92. The number of amides is 1. The molecule has 0 radical (unpaired) electrons. The van der Waals surface area contributed by atoms with Gasteiger partial charge in [-0.1, -0.05) is 18.2 Å². The lowest BCUT2D eigenvalue weighted by atomic mass is 10.2. The van der Waals surface area contributed by atoms with Gasteiger partial charge in [-0.25, -0.2) is 4.79 Å². The standard InChI is InChI=1S/C19H15N3O5/c23-17(13-22-19(24)27-18(20-22)16-9-5-11-26-16)21(12-15-8-4-10-25-15)14-6-2-1-3-7-14/h1-11H,12-13H2. The molecule has 3 aromatic heterocycles. The number of nitrogens with zero attached hydrogens (tertiary/aromatic N) is 3. The van der Waals surface area contributed by atoms with Crippen LogP contribution >= 0.6 is 0 Å². The van der Waals surface area contributed by atoms with E-state index in [0.29, 0.717) is 17.2 Å². The maximum Gasteiger partial charge on any atom is 0.437 e. The minimum absolute atomic E-state index is 0.0232.